The molecule has 0 heterocycles. The quantitative estimate of drug-likeness (QED) is 0.150. The Morgan fingerprint density at radius 1 is 0.500 bits per heavy atom. The topological polar surface area (TPSA) is 509 Å². The van der Waals surface area contributed by atoms with Crippen molar-refractivity contribution in [2.45, 2.75) is 0 Å². The molecule has 24 heteroatoms. The Bertz CT molecular complexity index is 125. The van der Waals surface area contributed by atoms with E-state index in [1.165, 1.54) is 0 Å². The van der Waals surface area contributed by atoms with Gasteiger partial charge in [0.1, 0.15) is 0 Å². The van der Waals surface area contributed by atoms with Gasteiger partial charge in [0.2, 0.25) is 0 Å². The third kappa shape index (κ3) is 1820. The molecule has 0 aromatic carbocycles. The van der Waals surface area contributed by atoms with Crippen molar-refractivity contribution in [3.05, 3.63) is 30.3 Å². The van der Waals surface area contributed by atoms with Crippen molar-refractivity contribution in [3.8, 4) is 0 Å². The van der Waals surface area contributed by atoms with E-state index in [1.54, 1.807) is 0 Å². The zero-order valence-corrected chi connectivity index (χ0v) is 13.0. The van der Waals surface area contributed by atoms with Crippen molar-refractivity contribution < 1.29 is 97.2 Å². The molecular weight excluding hydrogens is 435 g/mol. The fraction of sp³-hybridized carbons (Fsp3) is 0. The fourth-order valence-corrected chi connectivity index (χ4v) is 0. The van der Waals surface area contributed by atoms with Crippen LogP contribution in [-0.4, -0.2) is 80.2 Å². The summed E-state index contributed by atoms with van der Waals surface area (Å²) in [5.41, 5.74) is 0. The maximum Gasteiger partial charge on any atom is 0.291 e. The fourth-order valence-electron chi connectivity index (χ4n) is 0. The van der Waals surface area contributed by atoms with Gasteiger partial charge in [0.05, 0.1) is 0 Å². The second-order valence-electron chi connectivity index (χ2n) is 0.714. The van der Waals surface area contributed by atoms with Gasteiger partial charge in [-0.05, 0) is 0 Å². The van der Waals surface area contributed by atoms with Crippen LogP contribution in [0.5, 0.6) is 0 Å². The van der Waals surface area contributed by atoms with Gasteiger partial charge in [0.25, 0.3) is 15.3 Å². The SMILES string of the molecule is Cl.N.O.O.O.O.O.O.O.O.O.O=[N+]([O-])O.O=[N+]([O-])O.O=[N+]([O-])O.[Fe]. The van der Waals surface area contributed by atoms with Crippen molar-refractivity contribution >= 4 is 12.4 Å². The summed E-state index contributed by atoms with van der Waals surface area (Å²) in [6.45, 7) is 0. The first-order chi connectivity index (χ1) is 5.20. The molecule has 0 aliphatic rings. The summed E-state index contributed by atoms with van der Waals surface area (Å²) in [7, 11) is 0. The van der Waals surface area contributed by atoms with Gasteiger partial charge < -0.3 is 71.1 Å². The van der Waals surface area contributed by atoms with E-state index in [0.717, 1.165) is 0 Å². The Labute approximate surface area is 147 Å². The van der Waals surface area contributed by atoms with E-state index >= 15 is 0 Å². The standard InChI is InChI=1S/ClH.Fe.3HNO3.H3N.9H2O/c;;3*2-1(3)4;;;;;;;;;;/h1H;;3*(H,2,3,4);1H3;9*1H2. The number of rotatable bonds is 0. The third-order valence-electron chi connectivity index (χ3n) is 0. The van der Waals surface area contributed by atoms with E-state index in [9.17, 15) is 0 Å². The molecule has 0 amide bonds. The molecule has 0 spiro atoms. The largest absolute Gasteiger partial charge is 0.412 e. The smallest absolute Gasteiger partial charge is 0.291 e. The predicted octanol–water partition coefficient (Wildman–Crippen LogP) is -7.88. The van der Waals surface area contributed by atoms with E-state index in [1.807, 2.05) is 0 Å². The van der Waals surface area contributed by atoms with Gasteiger partial charge in [-0.25, -0.2) is 0 Å². The maximum atomic E-state index is 8.36. The molecule has 0 aromatic heterocycles. The average Bonchev–Trinajstić information content (AvgIpc) is 1.54. The van der Waals surface area contributed by atoms with Crippen LogP contribution in [0, 0.1) is 30.3 Å². The molecular formula is H25ClFeN4O18. The molecule has 24 N–H and O–H groups in total. The predicted molar refractivity (Wildman–Crippen MR) is 71.1 cm³/mol. The minimum atomic E-state index is -1.50. The summed E-state index contributed by atoms with van der Waals surface area (Å²) in [5.74, 6) is 0. The molecule has 22 nitrogen and oxygen atoms in total. The first-order valence-electron chi connectivity index (χ1n) is 1.70. The second-order valence-corrected chi connectivity index (χ2v) is 0.714. The molecule has 0 rings (SSSR count). The van der Waals surface area contributed by atoms with Crippen LogP contribution in [0.2, 0.25) is 0 Å². The Kier molecular flexibility index (Phi) is 1410. The first kappa shape index (κ1) is 198. The summed E-state index contributed by atoms with van der Waals surface area (Å²) in [6, 6.07) is 0. The molecule has 24 heavy (non-hydrogen) atoms. The Balaban J connectivity index is -0.00000000312. The van der Waals surface area contributed by atoms with Crippen LogP contribution >= 0.6 is 12.4 Å². The monoisotopic (exact) mass is 460 g/mol. The molecule has 0 aliphatic heterocycles. The Morgan fingerprint density at radius 2 is 0.500 bits per heavy atom. The molecule has 0 saturated carbocycles. The van der Waals surface area contributed by atoms with Crippen molar-refractivity contribution in [1.82, 2.24) is 6.15 Å². The molecule has 0 bridgehead atoms. The van der Waals surface area contributed by atoms with Crippen molar-refractivity contribution in [2.24, 2.45) is 0 Å². The van der Waals surface area contributed by atoms with Gasteiger partial charge in [-0.3, -0.25) is 0 Å². The Morgan fingerprint density at radius 3 is 0.500 bits per heavy atom. The normalized spacial score (nSPS) is 3.00. The summed E-state index contributed by atoms with van der Waals surface area (Å²) in [5, 5.41) is 40.9. The maximum absolute atomic E-state index is 8.36. The number of nitrogens with zero attached hydrogens (tertiary/aromatic N) is 3. The average molecular weight is 461 g/mol. The van der Waals surface area contributed by atoms with Crippen molar-refractivity contribution in [1.29, 1.82) is 0 Å². The molecule has 168 valence electrons. The van der Waals surface area contributed by atoms with E-state index in [2.05, 4.69) is 0 Å². The number of halogens is 1. The molecule has 0 atom stereocenters. The molecule has 0 saturated heterocycles. The van der Waals surface area contributed by atoms with Gasteiger partial charge in [-0.15, -0.1) is 42.7 Å². The van der Waals surface area contributed by atoms with E-state index in [-0.39, 0.29) is 84.9 Å². The van der Waals surface area contributed by atoms with Crippen LogP contribution in [-0.2, 0) is 17.1 Å². The van der Waals surface area contributed by atoms with Gasteiger partial charge >= 0.3 is 0 Å². The van der Waals surface area contributed by atoms with Crippen LogP contribution in [0.1, 0.15) is 0 Å². The summed E-state index contributed by atoms with van der Waals surface area (Å²) < 4.78 is 0. The molecule has 0 radical (unpaired) electrons. The van der Waals surface area contributed by atoms with E-state index in [0.29, 0.717) is 0 Å². The number of hydrogen-bond donors (Lipinski definition) is 4. The Hall–Kier alpha value is -1.99. The van der Waals surface area contributed by atoms with Gasteiger partial charge in [-0.1, -0.05) is 0 Å². The zero-order valence-electron chi connectivity index (χ0n) is 11.1. The molecule has 0 unspecified atom stereocenters. The van der Waals surface area contributed by atoms with E-state index in [4.69, 9.17) is 46.0 Å². The van der Waals surface area contributed by atoms with Crippen LogP contribution in [0.3, 0.4) is 0 Å². The van der Waals surface area contributed by atoms with Crippen molar-refractivity contribution in [2.75, 3.05) is 0 Å². The minimum Gasteiger partial charge on any atom is -0.412 e. The minimum absolute atomic E-state index is 0. The van der Waals surface area contributed by atoms with Crippen LogP contribution in [0.25, 0.3) is 0 Å². The van der Waals surface area contributed by atoms with E-state index < -0.39 is 15.3 Å². The van der Waals surface area contributed by atoms with Gasteiger partial charge in [0, 0.05) is 17.1 Å². The first-order valence-corrected chi connectivity index (χ1v) is 1.70. The molecule has 0 aliphatic carbocycles. The van der Waals surface area contributed by atoms with Crippen LogP contribution < -0.4 is 6.15 Å². The second kappa shape index (κ2) is 171. The van der Waals surface area contributed by atoms with Gasteiger partial charge in [-0.2, -0.15) is 0 Å². The summed E-state index contributed by atoms with van der Waals surface area (Å²) >= 11 is 0. The van der Waals surface area contributed by atoms with Crippen molar-refractivity contribution in [3.63, 3.8) is 0 Å². The third-order valence-corrected chi connectivity index (χ3v) is 0. The van der Waals surface area contributed by atoms with Gasteiger partial charge in [0.15, 0.2) is 0 Å². The van der Waals surface area contributed by atoms with Crippen LogP contribution in [0.15, 0.2) is 0 Å². The number of hydrogen-bond acceptors (Lipinski definition) is 7. The zero-order chi connectivity index (χ0) is 10.7. The van der Waals surface area contributed by atoms with Crippen LogP contribution in [0.4, 0.5) is 0 Å². The molecule has 0 fully saturated rings. The summed E-state index contributed by atoms with van der Waals surface area (Å²) in [4.78, 5) is 25.1. The summed E-state index contributed by atoms with van der Waals surface area (Å²) in [6.07, 6.45) is 0. The molecule has 0 aromatic rings.